The first-order chi connectivity index (χ1) is 24.8. The molecule has 11 aromatic rings. The fourth-order valence-corrected chi connectivity index (χ4v) is 8.89. The predicted octanol–water partition coefficient (Wildman–Crippen LogP) is 12.6. The molecule has 4 nitrogen and oxygen atoms in total. The van der Waals surface area contributed by atoms with E-state index < -0.39 is 0 Å². The van der Waals surface area contributed by atoms with E-state index in [1.807, 2.05) is 30.3 Å². The first-order valence-corrected chi connectivity index (χ1v) is 17.5. The summed E-state index contributed by atoms with van der Waals surface area (Å²) in [4.78, 5) is 15.8. The number of fused-ring (bicyclic) bond motifs is 12. The standard InChI is InChI=1S/C45H25N3OS/c1-2-13-29-27(11-1)28-12-3-4-14-30(28)37-25-26(23-24-31(29)37)43-46-44(35-18-10-21-39-41(35)34-16-5-7-20-38(34)49-39)48-45(47-43)36-19-9-17-33-32-15-6-8-22-40(32)50-42(33)36/h1-25H. The van der Waals surface area contributed by atoms with Gasteiger partial charge in [-0.1, -0.05) is 121 Å². The highest BCUT2D eigenvalue weighted by Crippen LogP contribution is 2.42. The molecule has 11 rings (SSSR count). The second kappa shape index (κ2) is 10.5. The summed E-state index contributed by atoms with van der Waals surface area (Å²) in [6, 6.07) is 53.2. The molecule has 0 aliphatic carbocycles. The zero-order chi connectivity index (χ0) is 32.8. The van der Waals surface area contributed by atoms with Crippen molar-refractivity contribution in [3.63, 3.8) is 0 Å². The maximum atomic E-state index is 6.29. The summed E-state index contributed by atoms with van der Waals surface area (Å²) in [7, 11) is 0. The number of thiophene rings is 1. The SMILES string of the molecule is c1ccc2c(c1)oc1cccc(-c3nc(-c4ccc5c6ccccc6c6ccccc6c5c4)nc(-c4cccc5c4sc4ccccc45)n3)c12. The van der Waals surface area contributed by atoms with Crippen molar-refractivity contribution in [2.75, 3.05) is 0 Å². The third-order valence-corrected chi connectivity index (χ3v) is 11.1. The van der Waals surface area contributed by atoms with Gasteiger partial charge in [-0.05, 0) is 62.6 Å². The van der Waals surface area contributed by atoms with Crippen LogP contribution in [0.1, 0.15) is 0 Å². The zero-order valence-corrected chi connectivity index (χ0v) is 27.4. The third kappa shape index (κ3) is 4.01. The molecule has 0 saturated carbocycles. The molecule has 5 heteroatoms. The lowest BCUT2D eigenvalue weighted by atomic mass is 9.93. The molecule has 50 heavy (non-hydrogen) atoms. The number of furan rings is 1. The molecule has 3 aromatic heterocycles. The van der Waals surface area contributed by atoms with Crippen molar-refractivity contribution in [3.8, 4) is 34.2 Å². The summed E-state index contributed by atoms with van der Waals surface area (Å²) in [5.74, 6) is 1.89. The molecule has 0 atom stereocenters. The van der Waals surface area contributed by atoms with Gasteiger partial charge in [0.1, 0.15) is 11.2 Å². The molecule has 0 radical (unpaired) electrons. The summed E-state index contributed by atoms with van der Waals surface area (Å²) < 4.78 is 8.70. The normalized spacial score (nSPS) is 12.0. The Morgan fingerprint density at radius 3 is 1.70 bits per heavy atom. The lowest BCUT2D eigenvalue weighted by molar-refractivity contribution is 0.669. The van der Waals surface area contributed by atoms with Crippen molar-refractivity contribution in [2.24, 2.45) is 0 Å². The molecular formula is C45H25N3OS. The number of hydrogen-bond acceptors (Lipinski definition) is 5. The average Bonchev–Trinajstić information content (AvgIpc) is 3.76. The number of nitrogens with zero attached hydrogens (tertiary/aromatic N) is 3. The number of para-hydroxylation sites is 1. The van der Waals surface area contributed by atoms with Gasteiger partial charge in [0, 0.05) is 47.6 Å². The van der Waals surface area contributed by atoms with Crippen molar-refractivity contribution in [2.45, 2.75) is 0 Å². The van der Waals surface area contributed by atoms with Gasteiger partial charge in [0.05, 0.1) is 0 Å². The monoisotopic (exact) mass is 655 g/mol. The van der Waals surface area contributed by atoms with E-state index in [4.69, 9.17) is 19.4 Å². The summed E-state index contributed by atoms with van der Waals surface area (Å²) in [6.07, 6.45) is 0. The van der Waals surface area contributed by atoms with E-state index in [0.717, 1.165) is 38.6 Å². The Hall–Kier alpha value is -6.43. The largest absolute Gasteiger partial charge is 0.456 e. The average molecular weight is 656 g/mol. The third-order valence-electron chi connectivity index (χ3n) is 9.93. The smallest absolute Gasteiger partial charge is 0.165 e. The van der Waals surface area contributed by atoms with E-state index in [2.05, 4.69) is 121 Å². The Balaban J connectivity index is 1.22. The molecule has 3 heterocycles. The van der Waals surface area contributed by atoms with Gasteiger partial charge in [-0.15, -0.1) is 11.3 Å². The van der Waals surface area contributed by atoms with Crippen molar-refractivity contribution in [1.82, 2.24) is 15.0 Å². The first-order valence-electron chi connectivity index (χ1n) is 16.7. The molecule has 0 spiro atoms. The zero-order valence-electron chi connectivity index (χ0n) is 26.6. The molecule has 0 amide bonds. The molecule has 232 valence electrons. The van der Waals surface area contributed by atoms with Crippen LogP contribution < -0.4 is 0 Å². The molecule has 0 aliphatic heterocycles. The number of hydrogen-bond donors (Lipinski definition) is 0. The van der Waals surface area contributed by atoms with Gasteiger partial charge in [-0.25, -0.2) is 15.0 Å². The summed E-state index contributed by atoms with van der Waals surface area (Å²) in [5, 5.41) is 11.8. The van der Waals surface area contributed by atoms with Crippen LogP contribution in [-0.4, -0.2) is 15.0 Å². The van der Waals surface area contributed by atoms with Gasteiger partial charge in [-0.2, -0.15) is 0 Å². The second-order valence-corrected chi connectivity index (χ2v) is 13.8. The fraction of sp³-hybridized carbons (Fsp3) is 0. The summed E-state index contributed by atoms with van der Waals surface area (Å²) in [6.45, 7) is 0. The fourth-order valence-electron chi connectivity index (χ4n) is 7.68. The van der Waals surface area contributed by atoms with E-state index >= 15 is 0 Å². The Kier molecular flexibility index (Phi) is 5.80. The molecule has 0 N–H and O–H groups in total. The van der Waals surface area contributed by atoms with Crippen LogP contribution in [0.15, 0.2) is 156 Å². The van der Waals surface area contributed by atoms with Crippen LogP contribution in [0, 0.1) is 0 Å². The van der Waals surface area contributed by atoms with Crippen LogP contribution in [0.3, 0.4) is 0 Å². The van der Waals surface area contributed by atoms with E-state index in [-0.39, 0.29) is 0 Å². The van der Waals surface area contributed by atoms with Crippen LogP contribution >= 0.6 is 11.3 Å². The van der Waals surface area contributed by atoms with Gasteiger partial charge in [0.25, 0.3) is 0 Å². The molecule has 0 fully saturated rings. The van der Waals surface area contributed by atoms with E-state index in [9.17, 15) is 0 Å². The quantitative estimate of drug-likeness (QED) is 0.178. The molecule has 0 saturated heterocycles. The lowest BCUT2D eigenvalue weighted by Gasteiger charge is -2.13. The van der Waals surface area contributed by atoms with Crippen molar-refractivity contribution < 1.29 is 4.42 Å². The van der Waals surface area contributed by atoms with Crippen LogP contribution in [-0.2, 0) is 0 Å². The molecule has 8 aromatic carbocycles. The van der Waals surface area contributed by atoms with E-state index in [1.165, 1.54) is 52.5 Å². The van der Waals surface area contributed by atoms with Crippen LogP contribution in [0.4, 0.5) is 0 Å². The Morgan fingerprint density at radius 2 is 0.920 bits per heavy atom. The Morgan fingerprint density at radius 1 is 0.380 bits per heavy atom. The van der Waals surface area contributed by atoms with Gasteiger partial charge < -0.3 is 4.42 Å². The van der Waals surface area contributed by atoms with E-state index in [0.29, 0.717) is 17.5 Å². The summed E-state index contributed by atoms with van der Waals surface area (Å²) >= 11 is 1.78. The number of aromatic nitrogens is 3. The molecule has 0 aliphatic rings. The van der Waals surface area contributed by atoms with Gasteiger partial charge in [0.15, 0.2) is 17.5 Å². The van der Waals surface area contributed by atoms with Crippen LogP contribution in [0.5, 0.6) is 0 Å². The second-order valence-electron chi connectivity index (χ2n) is 12.7. The molecule has 0 unspecified atom stereocenters. The Bertz CT molecular complexity index is 3140. The van der Waals surface area contributed by atoms with Crippen LogP contribution in [0.25, 0.3) is 109 Å². The number of benzene rings is 8. The van der Waals surface area contributed by atoms with E-state index in [1.54, 1.807) is 11.3 Å². The maximum absolute atomic E-state index is 6.29. The van der Waals surface area contributed by atoms with Crippen LogP contribution in [0.2, 0.25) is 0 Å². The molecular weight excluding hydrogens is 631 g/mol. The van der Waals surface area contributed by atoms with Gasteiger partial charge in [0.2, 0.25) is 0 Å². The minimum absolute atomic E-state index is 0.615. The summed E-state index contributed by atoms with van der Waals surface area (Å²) in [5.41, 5.74) is 4.50. The van der Waals surface area contributed by atoms with Gasteiger partial charge in [-0.3, -0.25) is 0 Å². The highest BCUT2D eigenvalue weighted by atomic mass is 32.1. The highest BCUT2D eigenvalue weighted by Gasteiger charge is 2.20. The van der Waals surface area contributed by atoms with Crippen molar-refractivity contribution >= 4 is 85.8 Å². The number of rotatable bonds is 3. The molecule has 0 bridgehead atoms. The van der Waals surface area contributed by atoms with Crippen molar-refractivity contribution in [1.29, 1.82) is 0 Å². The lowest BCUT2D eigenvalue weighted by Crippen LogP contribution is -2.00. The van der Waals surface area contributed by atoms with Crippen molar-refractivity contribution in [3.05, 3.63) is 152 Å². The first kappa shape index (κ1) is 27.5. The minimum atomic E-state index is 0.615. The Labute approximate surface area is 289 Å². The highest BCUT2D eigenvalue weighted by molar-refractivity contribution is 7.26. The topological polar surface area (TPSA) is 51.8 Å². The minimum Gasteiger partial charge on any atom is -0.456 e. The predicted molar refractivity (Wildman–Crippen MR) is 209 cm³/mol. The maximum Gasteiger partial charge on any atom is 0.165 e. The van der Waals surface area contributed by atoms with Gasteiger partial charge >= 0.3 is 0 Å².